The van der Waals surface area contributed by atoms with Gasteiger partial charge in [-0.3, -0.25) is 19.2 Å². The van der Waals surface area contributed by atoms with Crippen molar-refractivity contribution >= 4 is 69.3 Å². The maximum Gasteiger partial charge on any atom is 0.338 e. The molecule has 6 aromatic rings. The van der Waals surface area contributed by atoms with Crippen molar-refractivity contribution in [1.82, 2.24) is 19.9 Å². The van der Waals surface area contributed by atoms with Crippen molar-refractivity contribution in [3.8, 4) is 41.3 Å². The Kier molecular flexibility index (Phi) is 15.3. The van der Waals surface area contributed by atoms with Gasteiger partial charge in [-0.25, -0.2) is 14.8 Å². The van der Waals surface area contributed by atoms with Crippen LogP contribution in [0.3, 0.4) is 0 Å². The van der Waals surface area contributed by atoms with Gasteiger partial charge in [0.2, 0.25) is 5.91 Å². The lowest BCUT2D eigenvalue weighted by Crippen LogP contribution is -2.43. The largest absolute Gasteiger partial charge is 0.485 e. The number of imidazole rings is 1. The van der Waals surface area contributed by atoms with Gasteiger partial charge in [0.25, 0.3) is 17.7 Å². The molecule has 4 amide bonds. The number of hydrogen-bond acceptors (Lipinski definition) is 11. The van der Waals surface area contributed by atoms with Crippen molar-refractivity contribution in [3.05, 3.63) is 137 Å². The number of terminal acetylenes is 1. The molecule has 4 N–H and O–H groups in total. The molecule has 0 aliphatic carbocycles. The number of aromatic nitrogens is 3. The van der Waals surface area contributed by atoms with Gasteiger partial charge in [-0.15, -0.1) is 12.3 Å². The molecular formula is C51H47ClN8O8. The maximum atomic E-state index is 13.7. The molecule has 1 atom stereocenters. The van der Waals surface area contributed by atoms with E-state index in [1.165, 1.54) is 54.7 Å². The van der Waals surface area contributed by atoms with E-state index in [1.54, 1.807) is 77.1 Å². The van der Waals surface area contributed by atoms with E-state index in [0.29, 0.717) is 33.7 Å². The standard InChI is InChI=1S/C51H47ClN8O8/c1-9-11-40(59-46(61)32-15-19-35(37(52)26-32)45-57-41-25-30(27-53)12-23-42(41)60(45)8)49(64)56-34-18-21-39(54-28-34)48(63)58-38-22-20-36(43(66-24-10-2)44(38)67-29(3)4)47(62)55-33-16-13-31(14-17-33)50(65)68-51(5,6)7/h1,10,12-23,25-26,28-29,40H,2,11,24H2,3-8H3,(H,55,62)(H,56,64)(H,58,63)(H,59,61)/t40-/m0/s1. The van der Waals surface area contributed by atoms with E-state index in [1.807, 2.05) is 11.6 Å². The highest BCUT2D eigenvalue weighted by Crippen LogP contribution is 2.40. The van der Waals surface area contributed by atoms with Crippen LogP contribution in [0.2, 0.25) is 5.02 Å². The van der Waals surface area contributed by atoms with E-state index < -0.39 is 47.3 Å². The summed E-state index contributed by atoms with van der Waals surface area (Å²) in [5.41, 5.74) is 3.04. The number of pyridine rings is 1. The van der Waals surface area contributed by atoms with Gasteiger partial charge >= 0.3 is 5.97 Å². The van der Waals surface area contributed by atoms with Crippen LogP contribution in [-0.4, -0.2) is 68.5 Å². The predicted molar refractivity (Wildman–Crippen MR) is 259 cm³/mol. The number of carbonyl (C=O) groups is 5. The molecule has 16 nitrogen and oxygen atoms in total. The number of nitrogens with one attached hydrogen (secondary N) is 4. The molecule has 0 unspecified atom stereocenters. The molecular weight excluding hydrogens is 888 g/mol. The summed E-state index contributed by atoms with van der Waals surface area (Å²) in [5.74, 6) is 0.0800. The molecule has 346 valence electrons. The zero-order chi connectivity index (χ0) is 49.3. The first-order valence-corrected chi connectivity index (χ1v) is 21.5. The van der Waals surface area contributed by atoms with Crippen molar-refractivity contribution in [2.24, 2.45) is 7.05 Å². The van der Waals surface area contributed by atoms with Gasteiger partial charge in [0.05, 0.1) is 62.5 Å². The minimum absolute atomic E-state index is 0.00386. The van der Waals surface area contributed by atoms with E-state index in [9.17, 15) is 29.2 Å². The molecule has 2 heterocycles. The molecule has 0 saturated carbocycles. The smallest absolute Gasteiger partial charge is 0.338 e. The number of hydrogen-bond donors (Lipinski definition) is 4. The van der Waals surface area contributed by atoms with Crippen molar-refractivity contribution in [1.29, 1.82) is 5.26 Å². The summed E-state index contributed by atoms with van der Waals surface area (Å²) in [6.07, 6.45) is 7.76. The Balaban J connectivity index is 1.13. The summed E-state index contributed by atoms with van der Waals surface area (Å²) in [6.45, 7) is 12.5. The van der Waals surface area contributed by atoms with Crippen LogP contribution < -0.4 is 30.7 Å². The van der Waals surface area contributed by atoms with Crippen molar-refractivity contribution < 1.29 is 38.2 Å². The molecule has 2 aromatic heterocycles. The first-order chi connectivity index (χ1) is 32.4. The number of amides is 4. The summed E-state index contributed by atoms with van der Waals surface area (Å²) >= 11 is 6.66. The second kappa shape index (κ2) is 21.2. The summed E-state index contributed by atoms with van der Waals surface area (Å²) in [4.78, 5) is 75.5. The van der Waals surface area contributed by atoms with Gasteiger partial charge in [0.15, 0.2) is 11.5 Å². The zero-order valence-electron chi connectivity index (χ0n) is 38.0. The van der Waals surface area contributed by atoms with Crippen molar-refractivity contribution in [2.45, 2.75) is 58.8 Å². The molecule has 0 bridgehead atoms. The average molecular weight is 935 g/mol. The number of nitrogens with zero attached hydrogens (tertiary/aromatic N) is 4. The van der Waals surface area contributed by atoms with Crippen LogP contribution in [0.15, 0.2) is 104 Å². The van der Waals surface area contributed by atoms with E-state index in [-0.39, 0.29) is 57.7 Å². The fourth-order valence-electron chi connectivity index (χ4n) is 6.64. The highest BCUT2D eigenvalue weighted by molar-refractivity contribution is 6.33. The highest BCUT2D eigenvalue weighted by Gasteiger charge is 2.26. The minimum atomic E-state index is -1.16. The van der Waals surface area contributed by atoms with Crippen LogP contribution in [0, 0.1) is 23.7 Å². The first-order valence-electron chi connectivity index (χ1n) is 21.1. The van der Waals surface area contributed by atoms with Gasteiger partial charge in [0.1, 0.15) is 29.8 Å². The van der Waals surface area contributed by atoms with E-state index in [4.69, 9.17) is 32.2 Å². The van der Waals surface area contributed by atoms with E-state index >= 15 is 0 Å². The molecule has 0 radical (unpaired) electrons. The highest BCUT2D eigenvalue weighted by atomic mass is 35.5. The number of esters is 1. The molecule has 0 aliphatic rings. The number of fused-ring (bicyclic) bond motifs is 1. The zero-order valence-corrected chi connectivity index (χ0v) is 38.8. The fraction of sp³-hybridized carbons (Fsp3) is 0.216. The van der Waals surface area contributed by atoms with Gasteiger partial charge in [-0.05, 0) is 120 Å². The predicted octanol–water partition coefficient (Wildman–Crippen LogP) is 8.73. The quantitative estimate of drug-likeness (QED) is 0.0409. The Hall–Kier alpha value is -8.47. The number of aryl methyl sites for hydroxylation is 1. The molecule has 0 aliphatic heterocycles. The van der Waals surface area contributed by atoms with Crippen LogP contribution in [0.4, 0.5) is 17.1 Å². The number of nitriles is 1. The fourth-order valence-corrected chi connectivity index (χ4v) is 6.90. The molecule has 68 heavy (non-hydrogen) atoms. The molecule has 0 saturated heterocycles. The SMILES string of the molecule is C#CC[C@H](NC(=O)c1ccc(-c2nc3cc(C#N)ccc3n2C)c(Cl)c1)C(=O)Nc1ccc(C(=O)Nc2ccc(C(=O)Nc3ccc(C(=O)OC(C)(C)C)cc3)c(OCC=C)c2OC(C)C)nc1. The van der Waals surface area contributed by atoms with Gasteiger partial charge in [-0.1, -0.05) is 24.3 Å². The van der Waals surface area contributed by atoms with Crippen molar-refractivity contribution in [3.63, 3.8) is 0 Å². The normalized spacial score (nSPS) is 11.4. The molecule has 6 rings (SSSR count). The Morgan fingerprint density at radius 3 is 2.24 bits per heavy atom. The number of halogens is 1. The summed E-state index contributed by atoms with van der Waals surface area (Å²) < 4.78 is 19.3. The Morgan fingerprint density at radius 1 is 0.882 bits per heavy atom. The lowest BCUT2D eigenvalue weighted by atomic mass is 10.1. The topological polar surface area (TPSA) is 216 Å². The van der Waals surface area contributed by atoms with Gasteiger partial charge in [0, 0.05) is 30.3 Å². The van der Waals surface area contributed by atoms with Gasteiger partial charge < -0.3 is 40.0 Å². The minimum Gasteiger partial charge on any atom is -0.485 e. The molecule has 0 fully saturated rings. The summed E-state index contributed by atoms with van der Waals surface area (Å²) in [5, 5.41) is 20.4. The van der Waals surface area contributed by atoms with E-state index in [0.717, 1.165) is 5.52 Å². The third kappa shape index (κ3) is 11.9. The lowest BCUT2D eigenvalue weighted by molar-refractivity contribution is -0.117. The van der Waals surface area contributed by atoms with Gasteiger partial charge in [-0.2, -0.15) is 5.26 Å². The lowest BCUT2D eigenvalue weighted by Gasteiger charge is -2.21. The molecule has 0 spiro atoms. The second-order valence-corrected chi connectivity index (χ2v) is 16.8. The van der Waals surface area contributed by atoms with Crippen LogP contribution in [0.25, 0.3) is 22.4 Å². The maximum absolute atomic E-state index is 13.7. The van der Waals surface area contributed by atoms with Crippen LogP contribution in [0.5, 0.6) is 11.5 Å². The first kappa shape index (κ1) is 49.0. The summed E-state index contributed by atoms with van der Waals surface area (Å²) in [6, 6.07) is 22.7. The second-order valence-electron chi connectivity index (χ2n) is 16.4. The number of carbonyl (C=O) groups excluding carboxylic acids is 5. The third-order valence-corrected chi connectivity index (χ3v) is 10.1. The van der Waals surface area contributed by atoms with Crippen molar-refractivity contribution in [2.75, 3.05) is 22.6 Å². The van der Waals surface area contributed by atoms with Crippen LogP contribution in [0.1, 0.15) is 88.2 Å². The average Bonchev–Trinajstić information content (AvgIpc) is 3.62. The number of benzene rings is 4. The molecule has 4 aromatic carbocycles. The molecule has 17 heteroatoms. The Morgan fingerprint density at radius 2 is 1.60 bits per heavy atom. The monoisotopic (exact) mass is 934 g/mol. The van der Waals surface area contributed by atoms with E-state index in [2.05, 4.69) is 49.8 Å². The number of rotatable bonds is 16. The third-order valence-electron chi connectivity index (χ3n) is 9.77. The summed E-state index contributed by atoms with van der Waals surface area (Å²) in [7, 11) is 1.82. The van der Waals surface area contributed by atoms with Crippen LogP contribution in [-0.2, 0) is 16.6 Å². The number of ether oxygens (including phenoxy) is 3. The van der Waals surface area contributed by atoms with Crippen LogP contribution >= 0.6 is 11.6 Å². The number of anilines is 3. The Labute approximate surface area is 397 Å². The Bertz CT molecular complexity index is 3020.